The Hall–Kier alpha value is -0.540. The molecule has 0 N–H and O–H groups in total. The Morgan fingerprint density at radius 1 is 1.29 bits per heavy atom. The van der Waals surface area contributed by atoms with Gasteiger partial charge in [-0.3, -0.25) is 0 Å². The van der Waals surface area contributed by atoms with Crippen LogP contribution in [0.2, 0.25) is 0 Å². The lowest BCUT2D eigenvalue weighted by molar-refractivity contribution is 0.602. The van der Waals surface area contributed by atoms with Crippen molar-refractivity contribution in [2.24, 2.45) is 0 Å². The van der Waals surface area contributed by atoms with E-state index in [1.54, 1.807) is 0 Å². The molecule has 4 heteroatoms. The first-order chi connectivity index (χ1) is 6.49. The minimum atomic E-state index is -3.35. The van der Waals surface area contributed by atoms with Crippen molar-refractivity contribution in [3.63, 3.8) is 0 Å². The van der Waals surface area contributed by atoms with Gasteiger partial charge in [-0.1, -0.05) is 37.3 Å². The molecular weight excluding hydrogens is 220 g/mol. The Balaban J connectivity index is 2.56. The molecule has 0 bridgehead atoms. The van der Waals surface area contributed by atoms with E-state index in [1.165, 1.54) is 0 Å². The van der Waals surface area contributed by atoms with Crippen LogP contribution in [0.25, 0.3) is 0 Å². The number of hydrogen-bond donors (Lipinski definition) is 0. The fraction of sp³-hybridized carbons (Fsp3) is 0.400. The van der Waals surface area contributed by atoms with Crippen LogP contribution in [0.1, 0.15) is 24.8 Å². The van der Waals surface area contributed by atoms with Gasteiger partial charge in [0.15, 0.2) is 0 Å². The first-order valence-electron chi connectivity index (χ1n) is 4.46. The molecule has 0 aliphatic heterocycles. The molecule has 0 saturated heterocycles. The molecule has 0 fully saturated rings. The number of hydrogen-bond acceptors (Lipinski definition) is 2. The van der Waals surface area contributed by atoms with Gasteiger partial charge in [0.25, 0.3) is 0 Å². The van der Waals surface area contributed by atoms with Crippen molar-refractivity contribution in [1.29, 1.82) is 0 Å². The van der Waals surface area contributed by atoms with Gasteiger partial charge in [0, 0.05) is 10.7 Å². The van der Waals surface area contributed by atoms with E-state index in [0.29, 0.717) is 6.42 Å². The van der Waals surface area contributed by atoms with E-state index in [1.807, 2.05) is 37.3 Å². The summed E-state index contributed by atoms with van der Waals surface area (Å²) in [6.45, 7) is 2.00. The summed E-state index contributed by atoms with van der Waals surface area (Å²) < 4.78 is 21.5. The second-order valence-corrected chi connectivity index (χ2v) is 6.24. The van der Waals surface area contributed by atoms with E-state index in [-0.39, 0.29) is 11.7 Å². The normalized spacial score (nSPS) is 13.9. The fourth-order valence-electron chi connectivity index (χ4n) is 1.27. The third-order valence-electron chi connectivity index (χ3n) is 2.16. The van der Waals surface area contributed by atoms with Gasteiger partial charge in [0.05, 0.1) is 5.75 Å². The van der Waals surface area contributed by atoms with E-state index in [2.05, 4.69) is 0 Å². The van der Waals surface area contributed by atoms with Crippen molar-refractivity contribution in [1.82, 2.24) is 0 Å². The van der Waals surface area contributed by atoms with E-state index >= 15 is 0 Å². The maximum absolute atomic E-state index is 10.7. The van der Waals surface area contributed by atoms with Gasteiger partial charge in [-0.05, 0) is 17.9 Å². The van der Waals surface area contributed by atoms with Crippen molar-refractivity contribution in [3.05, 3.63) is 35.9 Å². The van der Waals surface area contributed by atoms with Crippen LogP contribution < -0.4 is 0 Å². The summed E-state index contributed by atoms with van der Waals surface area (Å²) in [6, 6.07) is 9.81. The Morgan fingerprint density at radius 2 is 1.86 bits per heavy atom. The highest BCUT2D eigenvalue weighted by molar-refractivity contribution is 8.13. The zero-order valence-electron chi connectivity index (χ0n) is 7.98. The number of halogens is 1. The van der Waals surface area contributed by atoms with Crippen LogP contribution in [-0.2, 0) is 9.05 Å². The van der Waals surface area contributed by atoms with Gasteiger partial charge in [0.2, 0.25) is 9.05 Å². The maximum Gasteiger partial charge on any atom is 0.232 e. The first-order valence-corrected chi connectivity index (χ1v) is 6.94. The largest absolute Gasteiger partial charge is 0.232 e. The zero-order chi connectivity index (χ0) is 10.6. The molecule has 0 amide bonds. The highest BCUT2D eigenvalue weighted by atomic mass is 35.7. The van der Waals surface area contributed by atoms with Crippen molar-refractivity contribution in [2.45, 2.75) is 19.3 Å². The first kappa shape index (κ1) is 11.5. The molecule has 0 aliphatic rings. The molecule has 2 nitrogen and oxygen atoms in total. The van der Waals surface area contributed by atoms with E-state index in [9.17, 15) is 8.42 Å². The van der Waals surface area contributed by atoms with Crippen LogP contribution in [0.3, 0.4) is 0 Å². The quantitative estimate of drug-likeness (QED) is 0.749. The van der Waals surface area contributed by atoms with Crippen molar-refractivity contribution in [2.75, 3.05) is 5.75 Å². The van der Waals surface area contributed by atoms with Crippen molar-refractivity contribution in [3.8, 4) is 0 Å². The van der Waals surface area contributed by atoms with Crippen LogP contribution in [0.5, 0.6) is 0 Å². The molecule has 1 aromatic carbocycles. The third-order valence-corrected chi connectivity index (χ3v) is 3.35. The lowest BCUT2D eigenvalue weighted by Gasteiger charge is -2.09. The Labute approximate surface area is 89.3 Å². The smallest absolute Gasteiger partial charge is 0.212 e. The van der Waals surface area contributed by atoms with Crippen molar-refractivity contribution < 1.29 is 8.42 Å². The van der Waals surface area contributed by atoms with Gasteiger partial charge in [-0.2, -0.15) is 0 Å². The maximum atomic E-state index is 10.7. The third kappa shape index (κ3) is 4.11. The van der Waals surface area contributed by atoms with Crippen LogP contribution in [-0.4, -0.2) is 14.2 Å². The monoisotopic (exact) mass is 232 g/mol. The van der Waals surface area contributed by atoms with Crippen LogP contribution in [0, 0.1) is 0 Å². The summed E-state index contributed by atoms with van der Waals surface area (Å²) in [5.41, 5.74) is 1.15. The van der Waals surface area contributed by atoms with Crippen LogP contribution in [0.4, 0.5) is 0 Å². The van der Waals surface area contributed by atoms with Gasteiger partial charge in [-0.15, -0.1) is 0 Å². The molecular formula is C10H13ClO2S. The summed E-state index contributed by atoms with van der Waals surface area (Å²) >= 11 is 0. The fourth-order valence-corrected chi connectivity index (χ4v) is 2.17. The SMILES string of the molecule is CC(CCS(=O)(=O)Cl)c1ccccc1. The lowest BCUT2D eigenvalue weighted by Crippen LogP contribution is -2.02. The molecule has 1 unspecified atom stereocenters. The molecule has 0 radical (unpaired) electrons. The average molecular weight is 233 g/mol. The Kier molecular flexibility index (Phi) is 3.96. The molecule has 78 valence electrons. The summed E-state index contributed by atoms with van der Waals surface area (Å²) in [4.78, 5) is 0. The molecule has 0 aliphatic carbocycles. The van der Waals surface area contributed by atoms with Crippen LogP contribution >= 0.6 is 10.7 Å². The van der Waals surface area contributed by atoms with Gasteiger partial charge >= 0.3 is 0 Å². The minimum Gasteiger partial charge on any atom is -0.212 e. The molecule has 0 saturated carbocycles. The van der Waals surface area contributed by atoms with Gasteiger partial charge in [-0.25, -0.2) is 8.42 Å². The lowest BCUT2D eigenvalue weighted by atomic mass is 9.99. The number of rotatable bonds is 4. The summed E-state index contributed by atoms with van der Waals surface area (Å²) in [7, 11) is 1.78. The Morgan fingerprint density at radius 3 is 2.36 bits per heavy atom. The summed E-state index contributed by atoms with van der Waals surface area (Å²) in [5, 5.41) is 0. The highest BCUT2D eigenvalue weighted by Gasteiger charge is 2.10. The van der Waals surface area contributed by atoms with Crippen LogP contribution in [0.15, 0.2) is 30.3 Å². The standard InChI is InChI=1S/C10H13ClO2S/c1-9(7-8-14(11,12)13)10-5-3-2-4-6-10/h2-6,9H,7-8H2,1H3. The number of benzene rings is 1. The second kappa shape index (κ2) is 4.80. The molecule has 0 heterocycles. The van der Waals surface area contributed by atoms with E-state index < -0.39 is 9.05 Å². The highest BCUT2D eigenvalue weighted by Crippen LogP contribution is 2.19. The molecule has 1 aromatic rings. The van der Waals surface area contributed by atoms with Crippen molar-refractivity contribution >= 4 is 19.7 Å². The summed E-state index contributed by atoms with van der Waals surface area (Å²) in [5.74, 6) is 0.259. The predicted molar refractivity (Wildman–Crippen MR) is 59.1 cm³/mol. The molecule has 0 aromatic heterocycles. The summed E-state index contributed by atoms with van der Waals surface area (Å²) in [6.07, 6.45) is 0.565. The second-order valence-electron chi connectivity index (χ2n) is 3.34. The van der Waals surface area contributed by atoms with E-state index in [0.717, 1.165) is 5.56 Å². The van der Waals surface area contributed by atoms with E-state index in [4.69, 9.17) is 10.7 Å². The molecule has 14 heavy (non-hydrogen) atoms. The van der Waals surface area contributed by atoms with Gasteiger partial charge in [0.1, 0.15) is 0 Å². The minimum absolute atomic E-state index is 0.0324. The zero-order valence-corrected chi connectivity index (χ0v) is 9.55. The average Bonchev–Trinajstić information content (AvgIpc) is 2.14. The molecule has 1 atom stereocenters. The Bertz CT molecular complexity index is 372. The predicted octanol–water partition coefficient (Wildman–Crippen LogP) is 2.75. The van der Waals surface area contributed by atoms with Gasteiger partial charge < -0.3 is 0 Å². The molecule has 1 rings (SSSR count). The topological polar surface area (TPSA) is 34.1 Å². The molecule has 0 spiro atoms.